The standard InChI is InChI=1S/C23H20N2O5/c1-29-23(28)17-11-9-16(10-12-17)15-30-21-8-3-2-5-19(21)14-24-25-20-7-4-6-18(13-20)22(26)27/h2-13H,14-15H2,1H3,(H,26,27). The summed E-state index contributed by atoms with van der Waals surface area (Å²) in [6.07, 6.45) is 0. The number of carbonyl (C=O) groups excluding carboxylic acids is 1. The van der Waals surface area contributed by atoms with Crippen molar-refractivity contribution in [1.82, 2.24) is 0 Å². The monoisotopic (exact) mass is 404 g/mol. The first-order valence-corrected chi connectivity index (χ1v) is 9.15. The molecule has 0 radical (unpaired) electrons. The van der Waals surface area contributed by atoms with Crippen LogP contribution in [0.25, 0.3) is 0 Å². The van der Waals surface area contributed by atoms with Crippen LogP contribution in [0.1, 0.15) is 31.8 Å². The van der Waals surface area contributed by atoms with E-state index in [4.69, 9.17) is 14.6 Å². The van der Waals surface area contributed by atoms with E-state index in [1.165, 1.54) is 19.2 Å². The van der Waals surface area contributed by atoms with E-state index in [1.54, 1.807) is 24.3 Å². The van der Waals surface area contributed by atoms with Gasteiger partial charge < -0.3 is 14.6 Å². The van der Waals surface area contributed by atoms with Crippen molar-refractivity contribution >= 4 is 17.6 Å². The van der Waals surface area contributed by atoms with Crippen LogP contribution in [0.4, 0.5) is 5.69 Å². The van der Waals surface area contributed by atoms with Gasteiger partial charge in [-0.2, -0.15) is 10.2 Å². The Morgan fingerprint density at radius 1 is 0.933 bits per heavy atom. The molecule has 0 aromatic heterocycles. The number of methoxy groups -OCH3 is 1. The average Bonchev–Trinajstić information content (AvgIpc) is 2.78. The third-order valence-corrected chi connectivity index (χ3v) is 4.26. The molecule has 30 heavy (non-hydrogen) atoms. The Kier molecular flexibility index (Phi) is 6.89. The fourth-order valence-electron chi connectivity index (χ4n) is 2.69. The van der Waals surface area contributed by atoms with Crippen LogP contribution >= 0.6 is 0 Å². The number of carbonyl (C=O) groups is 2. The van der Waals surface area contributed by atoms with Crippen molar-refractivity contribution in [3.05, 3.63) is 95.1 Å². The van der Waals surface area contributed by atoms with Crippen LogP contribution < -0.4 is 4.74 Å². The Hall–Kier alpha value is -4.00. The van der Waals surface area contributed by atoms with Gasteiger partial charge in [0.1, 0.15) is 12.4 Å². The minimum atomic E-state index is -1.01. The van der Waals surface area contributed by atoms with Gasteiger partial charge in [0.2, 0.25) is 0 Å². The first-order valence-electron chi connectivity index (χ1n) is 9.15. The number of azo groups is 1. The van der Waals surface area contributed by atoms with E-state index in [0.717, 1.165) is 11.1 Å². The number of carboxylic acids is 1. The molecule has 7 nitrogen and oxygen atoms in total. The summed E-state index contributed by atoms with van der Waals surface area (Å²) in [4.78, 5) is 22.5. The fraction of sp³-hybridized carbons (Fsp3) is 0.130. The Morgan fingerprint density at radius 3 is 2.43 bits per heavy atom. The minimum Gasteiger partial charge on any atom is -0.489 e. The molecule has 0 aliphatic heterocycles. The number of hydrogen-bond donors (Lipinski definition) is 1. The van der Waals surface area contributed by atoms with Gasteiger partial charge in [0.25, 0.3) is 0 Å². The van der Waals surface area contributed by atoms with Crippen LogP contribution in [0.2, 0.25) is 0 Å². The van der Waals surface area contributed by atoms with Crippen LogP contribution in [-0.2, 0) is 17.9 Å². The molecule has 3 rings (SSSR count). The second-order valence-electron chi connectivity index (χ2n) is 6.34. The van der Waals surface area contributed by atoms with Crippen molar-refractivity contribution in [3.8, 4) is 5.75 Å². The summed E-state index contributed by atoms with van der Waals surface area (Å²) in [5.41, 5.74) is 2.87. The van der Waals surface area contributed by atoms with Crippen LogP contribution in [0.15, 0.2) is 83.0 Å². The van der Waals surface area contributed by atoms with Crippen molar-refractivity contribution in [2.75, 3.05) is 7.11 Å². The number of ether oxygens (including phenoxy) is 2. The maximum atomic E-state index is 11.5. The summed E-state index contributed by atoms with van der Waals surface area (Å²) in [5, 5.41) is 17.3. The maximum Gasteiger partial charge on any atom is 0.337 e. The predicted molar refractivity (Wildman–Crippen MR) is 110 cm³/mol. The molecule has 3 aromatic rings. The lowest BCUT2D eigenvalue weighted by Crippen LogP contribution is -2.02. The first-order chi connectivity index (χ1) is 14.6. The number of benzene rings is 3. The Bertz CT molecular complexity index is 1060. The number of aromatic carboxylic acids is 1. The highest BCUT2D eigenvalue weighted by Crippen LogP contribution is 2.22. The summed E-state index contributed by atoms with van der Waals surface area (Å²) in [7, 11) is 1.34. The lowest BCUT2D eigenvalue weighted by Gasteiger charge is -2.10. The predicted octanol–water partition coefficient (Wildman–Crippen LogP) is 5.03. The zero-order valence-corrected chi connectivity index (χ0v) is 16.3. The highest BCUT2D eigenvalue weighted by Gasteiger charge is 2.07. The number of carboxylic acid groups (broad SMARTS) is 1. The molecule has 0 saturated heterocycles. The van der Waals surface area contributed by atoms with Crippen LogP contribution in [0, 0.1) is 0 Å². The van der Waals surface area contributed by atoms with Crippen molar-refractivity contribution < 1.29 is 24.2 Å². The zero-order chi connectivity index (χ0) is 21.3. The van der Waals surface area contributed by atoms with E-state index in [9.17, 15) is 9.59 Å². The number of nitrogens with zero attached hydrogens (tertiary/aromatic N) is 2. The molecular formula is C23H20N2O5. The second-order valence-corrected chi connectivity index (χ2v) is 6.34. The van der Waals surface area contributed by atoms with Crippen molar-refractivity contribution in [1.29, 1.82) is 0 Å². The average molecular weight is 404 g/mol. The number of para-hydroxylation sites is 1. The van der Waals surface area contributed by atoms with Gasteiger partial charge in [0, 0.05) is 5.56 Å². The van der Waals surface area contributed by atoms with Gasteiger partial charge in [-0.25, -0.2) is 9.59 Å². The number of esters is 1. The molecule has 7 heteroatoms. The molecule has 0 saturated carbocycles. The van der Waals surface area contributed by atoms with Crippen LogP contribution in [-0.4, -0.2) is 24.2 Å². The van der Waals surface area contributed by atoms with Gasteiger partial charge in [-0.1, -0.05) is 36.4 Å². The highest BCUT2D eigenvalue weighted by molar-refractivity contribution is 5.89. The summed E-state index contributed by atoms with van der Waals surface area (Å²) in [6, 6.07) is 20.8. The summed E-state index contributed by atoms with van der Waals surface area (Å²) in [6.45, 7) is 0.616. The van der Waals surface area contributed by atoms with Gasteiger partial charge in [0.05, 0.1) is 30.5 Å². The third-order valence-electron chi connectivity index (χ3n) is 4.26. The molecule has 0 aliphatic carbocycles. The van der Waals surface area contributed by atoms with Gasteiger partial charge in [-0.05, 0) is 42.0 Å². The van der Waals surface area contributed by atoms with Crippen molar-refractivity contribution in [2.45, 2.75) is 13.2 Å². The van der Waals surface area contributed by atoms with E-state index < -0.39 is 5.97 Å². The SMILES string of the molecule is COC(=O)c1ccc(COc2ccccc2CN=Nc2cccc(C(=O)O)c2)cc1. The smallest absolute Gasteiger partial charge is 0.337 e. The third kappa shape index (κ3) is 5.51. The molecule has 0 spiro atoms. The topological polar surface area (TPSA) is 97.5 Å². The molecular weight excluding hydrogens is 384 g/mol. The second kappa shape index (κ2) is 9.97. The quantitative estimate of drug-likeness (QED) is 0.419. The fourth-order valence-corrected chi connectivity index (χ4v) is 2.69. The van der Waals surface area contributed by atoms with Gasteiger partial charge >= 0.3 is 11.9 Å². The number of rotatable bonds is 8. The first kappa shape index (κ1) is 20.7. The molecule has 0 atom stereocenters. The molecule has 152 valence electrons. The lowest BCUT2D eigenvalue weighted by molar-refractivity contribution is 0.0599. The van der Waals surface area contributed by atoms with E-state index in [2.05, 4.69) is 10.2 Å². The molecule has 0 aliphatic rings. The lowest BCUT2D eigenvalue weighted by atomic mass is 10.1. The molecule has 0 heterocycles. The van der Waals surface area contributed by atoms with Crippen molar-refractivity contribution in [3.63, 3.8) is 0 Å². The normalized spacial score (nSPS) is 10.7. The van der Waals surface area contributed by atoms with E-state index in [0.29, 0.717) is 23.6 Å². The van der Waals surface area contributed by atoms with E-state index in [1.807, 2.05) is 36.4 Å². The molecule has 1 N–H and O–H groups in total. The zero-order valence-electron chi connectivity index (χ0n) is 16.3. The number of hydrogen-bond acceptors (Lipinski definition) is 6. The van der Waals surface area contributed by atoms with Crippen molar-refractivity contribution in [2.24, 2.45) is 10.2 Å². The molecule has 0 unspecified atom stereocenters. The molecule has 0 amide bonds. The van der Waals surface area contributed by atoms with Crippen LogP contribution in [0.5, 0.6) is 5.75 Å². The Labute approximate surface area is 173 Å². The Balaban J connectivity index is 1.64. The summed E-state index contributed by atoms with van der Waals surface area (Å²) < 4.78 is 10.6. The molecule has 0 bridgehead atoms. The molecule has 3 aromatic carbocycles. The Morgan fingerprint density at radius 2 is 1.70 bits per heavy atom. The van der Waals surface area contributed by atoms with Gasteiger partial charge in [-0.15, -0.1) is 0 Å². The van der Waals surface area contributed by atoms with E-state index in [-0.39, 0.29) is 18.1 Å². The van der Waals surface area contributed by atoms with Crippen LogP contribution in [0.3, 0.4) is 0 Å². The van der Waals surface area contributed by atoms with Gasteiger partial charge in [-0.3, -0.25) is 0 Å². The summed E-state index contributed by atoms with van der Waals surface area (Å²) in [5.74, 6) is -0.717. The molecule has 0 fully saturated rings. The van der Waals surface area contributed by atoms with Gasteiger partial charge in [0.15, 0.2) is 0 Å². The minimum absolute atomic E-state index is 0.161. The summed E-state index contributed by atoms with van der Waals surface area (Å²) >= 11 is 0. The largest absolute Gasteiger partial charge is 0.489 e. The highest BCUT2D eigenvalue weighted by atomic mass is 16.5. The maximum absolute atomic E-state index is 11.5. The van der Waals surface area contributed by atoms with E-state index >= 15 is 0 Å².